The summed E-state index contributed by atoms with van der Waals surface area (Å²) in [4.78, 5) is 19.1. The maximum atomic E-state index is 15.0. The van der Waals surface area contributed by atoms with Crippen molar-refractivity contribution in [1.82, 2.24) is 4.90 Å². The molecule has 32 heavy (non-hydrogen) atoms. The molecule has 1 saturated heterocycles. The largest absolute Gasteiger partial charge is 0.491 e. The first-order valence-corrected chi connectivity index (χ1v) is 11.3. The number of carbonyl (C=O) groups excluding carboxylic acids is 1. The Morgan fingerprint density at radius 2 is 1.97 bits per heavy atom. The number of ether oxygens (including phenoxy) is 2. The number of hydrogen-bond donors (Lipinski definition) is 0. The Bertz CT molecular complexity index is 965. The van der Waals surface area contributed by atoms with Gasteiger partial charge in [0.25, 0.3) is 5.91 Å². The molecular weight excluding hydrogens is 409 g/mol. The quantitative estimate of drug-likeness (QED) is 0.586. The van der Waals surface area contributed by atoms with Gasteiger partial charge in [-0.1, -0.05) is 0 Å². The van der Waals surface area contributed by atoms with Crippen molar-refractivity contribution in [2.75, 3.05) is 63.4 Å². The van der Waals surface area contributed by atoms with Crippen LogP contribution < -0.4 is 14.5 Å². The predicted molar refractivity (Wildman–Crippen MR) is 125 cm³/mol. The molecule has 172 valence electrons. The number of anilines is 2. The van der Waals surface area contributed by atoms with Crippen LogP contribution in [0.25, 0.3) is 0 Å². The van der Waals surface area contributed by atoms with Crippen LogP contribution in [0, 0.1) is 5.82 Å². The Labute approximate surface area is 189 Å². The summed E-state index contributed by atoms with van der Waals surface area (Å²) in [5, 5.41) is 0. The summed E-state index contributed by atoms with van der Waals surface area (Å²) in [7, 11) is 4.12. The fraction of sp³-hybridized carbons (Fsp3) is 0.480. The SMILES string of the molecule is CCOCCOc1ccc2c(c1)CCN(c1ccc(N3CC[C@@H](N(C)C)C3)c(F)c1)C2=O. The summed E-state index contributed by atoms with van der Waals surface area (Å²) in [5.74, 6) is 0.355. The average molecular weight is 442 g/mol. The lowest BCUT2D eigenvalue weighted by Gasteiger charge is -2.30. The molecule has 0 N–H and O–H groups in total. The van der Waals surface area contributed by atoms with Crippen LogP contribution in [0.2, 0.25) is 0 Å². The molecule has 0 aliphatic carbocycles. The van der Waals surface area contributed by atoms with E-state index < -0.39 is 0 Å². The van der Waals surface area contributed by atoms with Gasteiger partial charge in [-0.2, -0.15) is 0 Å². The second-order valence-corrected chi connectivity index (χ2v) is 8.56. The van der Waals surface area contributed by atoms with E-state index in [1.807, 2.05) is 25.1 Å². The molecule has 6 nitrogen and oxygen atoms in total. The summed E-state index contributed by atoms with van der Waals surface area (Å²) in [6.07, 6.45) is 1.72. The lowest BCUT2D eigenvalue weighted by Crippen LogP contribution is -2.37. The predicted octanol–water partition coefficient (Wildman–Crippen LogP) is 3.58. The third-order valence-corrected chi connectivity index (χ3v) is 6.33. The fourth-order valence-electron chi connectivity index (χ4n) is 4.47. The van der Waals surface area contributed by atoms with Gasteiger partial charge in [0, 0.05) is 43.5 Å². The average Bonchev–Trinajstić information content (AvgIpc) is 3.27. The standard InChI is InChI=1S/C25H32FN3O3/c1-4-31-13-14-32-21-6-7-22-18(15-21)9-12-29(25(22)30)19-5-8-24(23(26)16-19)28-11-10-20(17-28)27(2)3/h5-8,15-16,20H,4,9-14,17H2,1-3H3/t20-/m1/s1. The van der Waals surface area contributed by atoms with Crippen molar-refractivity contribution in [2.24, 2.45) is 0 Å². The second-order valence-electron chi connectivity index (χ2n) is 8.56. The molecule has 0 aromatic heterocycles. The fourth-order valence-corrected chi connectivity index (χ4v) is 4.47. The van der Waals surface area contributed by atoms with Crippen molar-refractivity contribution < 1.29 is 18.7 Å². The van der Waals surface area contributed by atoms with Gasteiger partial charge < -0.3 is 24.2 Å². The molecule has 2 aromatic carbocycles. The van der Waals surface area contributed by atoms with Gasteiger partial charge in [0.05, 0.1) is 12.3 Å². The number of carbonyl (C=O) groups is 1. The van der Waals surface area contributed by atoms with E-state index >= 15 is 4.39 Å². The van der Waals surface area contributed by atoms with Gasteiger partial charge in [-0.05, 0) is 75.8 Å². The molecule has 1 amide bonds. The van der Waals surface area contributed by atoms with Crippen LogP contribution in [0.15, 0.2) is 36.4 Å². The van der Waals surface area contributed by atoms with E-state index in [0.717, 1.165) is 30.8 Å². The van der Waals surface area contributed by atoms with Crippen LogP contribution >= 0.6 is 0 Å². The molecule has 0 unspecified atom stereocenters. The van der Waals surface area contributed by atoms with Gasteiger partial charge in [-0.3, -0.25) is 4.79 Å². The van der Waals surface area contributed by atoms with E-state index in [-0.39, 0.29) is 11.7 Å². The Hall–Kier alpha value is -2.64. The smallest absolute Gasteiger partial charge is 0.258 e. The van der Waals surface area contributed by atoms with Crippen LogP contribution in [0.3, 0.4) is 0 Å². The highest BCUT2D eigenvalue weighted by Gasteiger charge is 2.29. The number of benzene rings is 2. The van der Waals surface area contributed by atoms with Gasteiger partial charge in [0.1, 0.15) is 18.2 Å². The summed E-state index contributed by atoms with van der Waals surface area (Å²) < 4.78 is 26.0. The first-order chi connectivity index (χ1) is 15.5. The molecule has 2 aromatic rings. The third kappa shape index (κ3) is 4.74. The van der Waals surface area contributed by atoms with E-state index in [1.54, 1.807) is 17.0 Å². The van der Waals surface area contributed by atoms with Crippen molar-refractivity contribution in [3.8, 4) is 5.75 Å². The second kappa shape index (κ2) is 9.88. The Kier molecular flexibility index (Phi) is 6.96. The lowest BCUT2D eigenvalue weighted by molar-refractivity contribution is 0.0980. The minimum absolute atomic E-state index is 0.104. The molecule has 0 bridgehead atoms. The molecule has 0 radical (unpaired) electrons. The zero-order valence-electron chi connectivity index (χ0n) is 19.1. The normalized spacial score (nSPS) is 18.4. The number of halogens is 1. The maximum absolute atomic E-state index is 15.0. The van der Waals surface area contributed by atoms with Crippen LogP contribution in [-0.2, 0) is 11.2 Å². The molecule has 2 aliphatic rings. The zero-order chi connectivity index (χ0) is 22.7. The minimum Gasteiger partial charge on any atom is -0.491 e. The molecule has 0 saturated carbocycles. The number of nitrogens with zero attached hydrogens (tertiary/aromatic N) is 3. The highest BCUT2D eigenvalue weighted by atomic mass is 19.1. The maximum Gasteiger partial charge on any atom is 0.258 e. The molecule has 2 heterocycles. The number of fused-ring (bicyclic) bond motifs is 1. The van der Waals surface area contributed by atoms with Crippen molar-refractivity contribution >= 4 is 17.3 Å². The van der Waals surface area contributed by atoms with Gasteiger partial charge in [0.2, 0.25) is 0 Å². The number of rotatable bonds is 8. The first-order valence-electron chi connectivity index (χ1n) is 11.3. The van der Waals surface area contributed by atoms with E-state index in [4.69, 9.17) is 9.47 Å². The van der Waals surface area contributed by atoms with E-state index in [2.05, 4.69) is 23.9 Å². The Morgan fingerprint density at radius 1 is 1.12 bits per heavy atom. The molecular formula is C25H32FN3O3. The van der Waals surface area contributed by atoms with E-state index in [0.29, 0.717) is 55.8 Å². The van der Waals surface area contributed by atoms with E-state index in [1.165, 1.54) is 6.07 Å². The van der Waals surface area contributed by atoms with Gasteiger partial charge in [0.15, 0.2) is 0 Å². The molecule has 0 spiro atoms. The summed E-state index contributed by atoms with van der Waals surface area (Å²) in [6.45, 7) is 5.79. The topological polar surface area (TPSA) is 45.3 Å². The van der Waals surface area contributed by atoms with Crippen molar-refractivity contribution in [3.63, 3.8) is 0 Å². The monoisotopic (exact) mass is 441 g/mol. The van der Waals surface area contributed by atoms with E-state index in [9.17, 15) is 4.79 Å². The summed E-state index contributed by atoms with van der Waals surface area (Å²) >= 11 is 0. The van der Waals surface area contributed by atoms with Gasteiger partial charge in [-0.15, -0.1) is 0 Å². The van der Waals surface area contributed by atoms with Gasteiger partial charge in [-0.25, -0.2) is 4.39 Å². The number of hydrogen-bond acceptors (Lipinski definition) is 5. The molecule has 2 aliphatic heterocycles. The highest BCUT2D eigenvalue weighted by Crippen LogP contribution is 2.32. The first kappa shape index (κ1) is 22.6. The van der Waals surface area contributed by atoms with Crippen molar-refractivity contribution in [3.05, 3.63) is 53.3 Å². The minimum atomic E-state index is -0.279. The summed E-state index contributed by atoms with van der Waals surface area (Å²) in [6, 6.07) is 11.1. The van der Waals surface area contributed by atoms with Crippen LogP contribution in [0.4, 0.5) is 15.8 Å². The van der Waals surface area contributed by atoms with Crippen LogP contribution in [0.5, 0.6) is 5.75 Å². The van der Waals surface area contributed by atoms with Gasteiger partial charge >= 0.3 is 0 Å². The van der Waals surface area contributed by atoms with Crippen LogP contribution in [-0.4, -0.2) is 70.4 Å². The zero-order valence-corrected chi connectivity index (χ0v) is 19.1. The Balaban J connectivity index is 1.45. The Morgan fingerprint density at radius 3 is 2.69 bits per heavy atom. The van der Waals surface area contributed by atoms with Crippen LogP contribution in [0.1, 0.15) is 29.3 Å². The molecule has 7 heteroatoms. The number of amides is 1. The number of likely N-dealkylation sites (N-methyl/N-ethyl adjacent to an activating group) is 1. The lowest BCUT2D eigenvalue weighted by atomic mass is 9.98. The third-order valence-electron chi connectivity index (χ3n) is 6.33. The molecule has 1 fully saturated rings. The molecule has 4 rings (SSSR count). The highest BCUT2D eigenvalue weighted by molar-refractivity contribution is 6.08. The molecule has 1 atom stereocenters. The van der Waals surface area contributed by atoms with Crippen molar-refractivity contribution in [1.29, 1.82) is 0 Å². The summed E-state index contributed by atoms with van der Waals surface area (Å²) in [5.41, 5.74) is 2.81. The van der Waals surface area contributed by atoms with Crippen molar-refractivity contribution in [2.45, 2.75) is 25.8 Å².